The number of hydrogen-bond acceptors (Lipinski definition) is 5. The number of benzene rings is 1. The van der Waals surface area contributed by atoms with Crippen LogP contribution in [-0.4, -0.2) is 33.5 Å². The number of nitrogens with one attached hydrogen (secondary N) is 1. The fourth-order valence-corrected chi connectivity index (χ4v) is 3.58. The number of ether oxygens (including phenoxy) is 1. The Morgan fingerprint density at radius 2 is 2.12 bits per heavy atom. The van der Waals surface area contributed by atoms with E-state index in [1.54, 1.807) is 11.8 Å². The van der Waals surface area contributed by atoms with E-state index in [0.717, 1.165) is 22.5 Å². The fraction of sp³-hybridized carbons (Fsp3) is 0.333. The van der Waals surface area contributed by atoms with Crippen LogP contribution in [0.4, 0.5) is 4.39 Å². The van der Waals surface area contributed by atoms with E-state index in [9.17, 15) is 4.39 Å². The van der Waals surface area contributed by atoms with E-state index in [0.29, 0.717) is 17.1 Å². The molecule has 3 N–H and O–H groups in total. The number of aromatic nitrogens is 3. The topological polar surface area (TPSA) is 82.4 Å². The maximum atomic E-state index is 14.8. The second kappa shape index (κ2) is 5.84. The van der Waals surface area contributed by atoms with Gasteiger partial charge in [-0.05, 0) is 44.5 Å². The van der Waals surface area contributed by atoms with Gasteiger partial charge in [-0.15, -0.1) is 0 Å². The number of methoxy groups -OCH3 is 1. The lowest BCUT2D eigenvalue weighted by atomic mass is 10.0. The van der Waals surface area contributed by atoms with Crippen LogP contribution in [0.1, 0.15) is 31.4 Å². The van der Waals surface area contributed by atoms with Crippen molar-refractivity contribution in [2.24, 2.45) is 10.7 Å². The van der Waals surface area contributed by atoms with Gasteiger partial charge in [0.05, 0.1) is 12.6 Å². The van der Waals surface area contributed by atoms with Gasteiger partial charge >= 0.3 is 0 Å². The third-order valence-electron chi connectivity index (χ3n) is 4.56. The van der Waals surface area contributed by atoms with Gasteiger partial charge in [-0.1, -0.05) is 0 Å². The molecule has 26 heavy (non-hydrogen) atoms. The largest absolute Gasteiger partial charge is 0.480 e. The lowest BCUT2D eigenvalue weighted by Gasteiger charge is -2.22. The Labute approximate surface area is 150 Å². The molecule has 0 fully saturated rings. The van der Waals surface area contributed by atoms with Gasteiger partial charge in [-0.25, -0.2) is 14.4 Å². The molecule has 8 heteroatoms. The molecule has 0 amide bonds. The summed E-state index contributed by atoms with van der Waals surface area (Å²) in [5.74, 6) is 0.846. The average Bonchev–Trinajstić information content (AvgIpc) is 3.14. The van der Waals surface area contributed by atoms with Crippen LogP contribution in [0.15, 0.2) is 29.4 Å². The zero-order valence-corrected chi connectivity index (χ0v) is 15.1. The molecule has 0 aliphatic carbocycles. The molecule has 1 atom stereocenters. The quantitative estimate of drug-likeness (QED) is 0.740. The van der Waals surface area contributed by atoms with Crippen LogP contribution in [0.25, 0.3) is 22.2 Å². The van der Waals surface area contributed by atoms with E-state index in [1.807, 2.05) is 29.8 Å². The Balaban J connectivity index is 1.95. The molecule has 3 aromatic rings. The summed E-state index contributed by atoms with van der Waals surface area (Å²) in [6.45, 7) is 6.00. The molecule has 1 aliphatic rings. The first-order valence-corrected chi connectivity index (χ1v) is 8.44. The van der Waals surface area contributed by atoms with Crippen LogP contribution in [-0.2, 0) is 4.74 Å². The van der Waals surface area contributed by atoms with Crippen LogP contribution >= 0.6 is 0 Å². The summed E-state index contributed by atoms with van der Waals surface area (Å²) >= 11 is 0. The van der Waals surface area contributed by atoms with Gasteiger partial charge in [-0.2, -0.15) is 0 Å². The molecule has 1 aliphatic heterocycles. The molecule has 1 unspecified atom stereocenters. The standard InChI is InChI=1S/C18H21FN6O/c1-9(2)25-10(3)21-15-13(19)7-11(8-14(15)25)12-5-6-24-16(12)17(26-4)22-18(20)23-24/h5-9,18,23H,20H2,1-4H3. The van der Waals surface area contributed by atoms with Crippen molar-refractivity contribution in [3.63, 3.8) is 0 Å². The van der Waals surface area contributed by atoms with Crippen molar-refractivity contribution in [2.75, 3.05) is 12.5 Å². The molecule has 0 bridgehead atoms. The van der Waals surface area contributed by atoms with Crippen molar-refractivity contribution < 1.29 is 9.13 Å². The SMILES string of the molecule is COC1=NC(N)Nn2ccc(-c3cc(F)c4nc(C)n(C(C)C)c4c3)c21. The third-order valence-corrected chi connectivity index (χ3v) is 4.56. The summed E-state index contributed by atoms with van der Waals surface area (Å²) in [6, 6.07) is 5.51. The van der Waals surface area contributed by atoms with Crippen LogP contribution in [0.2, 0.25) is 0 Å². The molecule has 0 saturated heterocycles. The second-order valence-electron chi connectivity index (χ2n) is 6.61. The van der Waals surface area contributed by atoms with E-state index in [4.69, 9.17) is 10.5 Å². The second-order valence-corrected chi connectivity index (χ2v) is 6.61. The van der Waals surface area contributed by atoms with E-state index in [1.165, 1.54) is 6.07 Å². The maximum Gasteiger partial charge on any atom is 0.238 e. The first-order valence-electron chi connectivity index (χ1n) is 8.44. The summed E-state index contributed by atoms with van der Waals surface area (Å²) in [4.78, 5) is 8.65. The Morgan fingerprint density at radius 1 is 1.35 bits per heavy atom. The van der Waals surface area contributed by atoms with E-state index >= 15 is 0 Å². The summed E-state index contributed by atoms with van der Waals surface area (Å²) < 4.78 is 24.0. The average molecular weight is 356 g/mol. The van der Waals surface area contributed by atoms with Crippen LogP contribution in [0, 0.1) is 12.7 Å². The maximum absolute atomic E-state index is 14.8. The van der Waals surface area contributed by atoms with Crippen molar-refractivity contribution in [1.29, 1.82) is 0 Å². The first kappa shape index (κ1) is 16.6. The Hall–Kier alpha value is -2.87. The van der Waals surface area contributed by atoms with Gasteiger partial charge < -0.3 is 9.30 Å². The zero-order chi connectivity index (χ0) is 18.6. The van der Waals surface area contributed by atoms with Crippen molar-refractivity contribution in [2.45, 2.75) is 33.1 Å². The number of fused-ring (bicyclic) bond motifs is 2. The molecule has 7 nitrogen and oxygen atoms in total. The van der Waals surface area contributed by atoms with Crippen LogP contribution < -0.4 is 11.2 Å². The van der Waals surface area contributed by atoms with Crippen molar-refractivity contribution in [3.05, 3.63) is 41.7 Å². The molecule has 0 saturated carbocycles. The monoisotopic (exact) mass is 356 g/mol. The van der Waals surface area contributed by atoms with Crippen LogP contribution in [0.3, 0.4) is 0 Å². The highest BCUT2D eigenvalue weighted by molar-refractivity contribution is 6.01. The predicted molar refractivity (Wildman–Crippen MR) is 99.1 cm³/mol. The molecular formula is C18H21FN6O. The van der Waals surface area contributed by atoms with Crippen molar-refractivity contribution in [1.82, 2.24) is 14.2 Å². The third kappa shape index (κ3) is 2.37. The van der Waals surface area contributed by atoms with Gasteiger partial charge in [0.15, 0.2) is 12.1 Å². The van der Waals surface area contributed by atoms with E-state index in [-0.39, 0.29) is 11.9 Å². The number of nitrogens with two attached hydrogens (primary N) is 1. The molecule has 0 radical (unpaired) electrons. The molecular weight excluding hydrogens is 335 g/mol. The highest BCUT2D eigenvalue weighted by Gasteiger charge is 2.24. The first-order chi connectivity index (χ1) is 12.4. The highest BCUT2D eigenvalue weighted by Crippen LogP contribution is 2.32. The van der Waals surface area contributed by atoms with Gasteiger partial charge in [0.25, 0.3) is 0 Å². The zero-order valence-electron chi connectivity index (χ0n) is 15.1. The summed E-state index contributed by atoms with van der Waals surface area (Å²) in [5, 5.41) is 0. The van der Waals surface area contributed by atoms with E-state index < -0.39 is 6.29 Å². The number of nitrogens with zero attached hydrogens (tertiary/aromatic N) is 4. The van der Waals surface area contributed by atoms with Gasteiger partial charge in [0, 0.05) is 17.8 Å². The number of imidazole rings is 1. The normalized spacial score (nSPS) is 16.6. The van der Waals surface area contributed by atoms with E-state index in [2.05, 4.69) is 29.2 Å². The Bertz CT molecular complexity index is 1030. The summed E-state index contributed by atoms with van der Waals surface area (Å²) in [6.07, 6.45) is 1.23. The minimum atomic E-state index is -0.595. The van der Waals surface area contributed by atoms with Gasteiger partial charge in [0.1, 0.15) is 17.0 Å². The van der Waals surface area contributed by atoms with Crippen molar-refractivity contribution in [3.8, 4) is 11.1 Å². The molecule has 4 rings (SSSR count). The van der Waals surface area contributed by atoms with Gasteiger partial charge in [0.2, 0.25) is 5.90 Å². The fourth-order valence-electron chi connectivity index (χ4n) is 3.58. The minimum absolute atomic E-state index is 0.174. The summed E-state index contributed by atoms with van der Waals surface area (Å²) in [7, 11) is 1.54. The predicted octanol–water partition coefficient (Wildman–Crippen LogP) is 2.73. The Kier molecular flexibility index (Phi) is 3.73. The van der Waals surface area contributed by atoms with Crippen LogP contribution in [0.5, 0.6) is 0 Å². The molecule has 1 aromatic carbocycles. The molecule has 0 spiro atoms. The number of rotatable bonds is 2. The minimum Gasteiger partial charge on any atom is -0.480 e. The van der Waals surface area contributed by atoms with Gasteiger partial charge in [-0.3, -0.25) is 15.8 Å². The number of halogens is 1. The Morgan fingerprint density at radius 3 is 2.81 bits per heavy atom. The smallest absolute Gasteiger partial charge is 0.238 e. The highest BCUT2D eigenvalue weighted by atomic mass is 19.1. The summed E-state index contributed by atoms with van der Waals surface area (Å²) in [5.41, 5.74) is 12.3. The molecule has 3 heterocycles. The molecule has 2 aromatic heterocycles. The number of aryl methyl sites for hydroxylation is 1. The lowest BCUT2D eigenvalue weighted by molar-refractivity contribution is 0.391. The molecule has 136 valence electrons. The number of aliphatic imine (C=N–C) groups is 1. The van der Waals surface area contributed by atoms with Crippen molar-refractivity contribution >= 4 is 16.9 Å². The number of hydrogen-bond donors (Lipinski definition) is 2. The lowest BCUT2D eigenvalue weighted by Crippen LogP contribution is -2.40.